The predicted molar refractivity (Wildman–Crippen MR) is 87.1 cm³/mol. The van der Waals surface area contributed by atoms with Crippen LogP contribution in [0.25, 0.3) is 0 Å². The van der Waals surface area contributed by atoms with E-state index in [1.54, 1.807) is 24.3 Å². The molecule has 1 heterocycles. The Kier molecular flexibility index (Phi) is 6.24. The van der Waals surface area contributed by atoms with E-state index >= 15 is 0 Å². The van der Waals surface area contributed by atoms with E-state index in [4.69, 9.17) is 13.9 Å². The first-order chi connectivity index (χ1) is 11.6. The van der Waals surface area contributed by atoms with Gasteiger partial charge in [-0.25, -0.2) is 0 Å². The normalized spacial score (nSPS) is 10.1. The zero-order valence-corrected chi connectivity index (χ0v) is 13.6. The Morgan fingerprint density at radius 1 is 1.17 bits per heavy atom. The minimum absolute atomic E-state index is 0.0826. The third-order valence-electron chi connectivity index (χ3n) is 3.20. The van der Waals surface area contributed by atoms with Gasteiger partial charge in [-0.1, -0.05) is 6.07 Å². The summed E-state index contributed by atoms with van der Waals surface area (Å²) >= 11 is 0. The van der Waals surface area contributed by atoms with Crippen molar-refractivity contribution < 1.29 is 23.5 Å². The highest BCUT2D eigenvalue weighted by Gasteiger charge is 2.10. The lowest BCUT2D eigenvalue weighted by molar-refractivity contribution is -0.123. The lowest BCUT2D eigenvalue weighted by atomic mass is 10.2. The third kappa shape index (κ3) is 4.77. The second kappa shape index (κ2) is 8.61. The molecule has 0 fully saturated rings. The maximum atomic E-state index is 11.9. The maximum Gasteiger partial charge on any atom is 0.257 e. The lowest BCUT2D eigenvalue weighted by Crippen LogP contribution is -2.28. The van der Waals surface area contributed by atoms with Crippen molar-refractivity contribution in [2.45, 2.75) is 13.5 Å². The van der Waals surface area contributed by atoms with Crippen LogP contribution in [0.5, 0.6) is 11.5 Å². The number of carbonyl (C=O) groups is 2. The van der Waals surface area contributed by atoms with Gasteiger partial charge in [-0.3, -0.25) is 9.59 Å². The van der Waals surface area contributed by atoms with Crippen LogP contribution in [0.2, 0.25) is 0 Å². The molecule has 7 nitrogen and oxygen atoms in total. The van der Waals surface area contributed by atoms with Crippen LogP contribution in [0.4, 0.5) is 0 Å². The van der Waals surface area contributed by atoms with Crippen molar-refractivity contribution in [1.82, 2.24) is 10.6 Å². The van der Waals surface area contributed by atoms with Crippen molar-refractivity contribution >= 4 is 11.8 Å². The number of hydrogen-bond acceptors (Lipinski definition) is 5. The van der Waals surface area contributed by atoms with Crippen molar-refractivity contribution in [2.75, 3.05) is 20.3 Å². The van der Waals surface area contributed by atoms with Crippen molar-refractivity contribution in [3.05, 3.63) is 47.9 Å². The van der Waals surface area contributed by atoms with Crippen LogP contribution in [0, 0.1) is 0 Å². The fourth-order valence-corrected chi connectivity index (χ4v) is 2.01. The second-order valence-electron chi connectivity index (χ2n) is 4.92. The molecule has 2 N–H and O–H groups in total. The monoisotopic (exact) mass is 332 g/mol. The summed E-state index contributed by atoms with van der Waals surface area (Å²) in [7, 11) is 1.52. The molecule has 1 aromatic carbocycles. The number of amides is 2. The Bertz CT molecular complexity index is 682. The number of nitrogens with one attached hydrogen (secondary N) is 2. The van der Waals surface area contributed by atoms with Crippen molar-refractivity contribution in [2.24, 2.45) is 0 Å². The van der Waals surface area contributed by atoms with Crippen LogP contribution in [0.3, 0.4) is 0 Å². The van der Waals surface area contributed by atoms with E-state index in [2.05, 4.69) is 10.6 Å². The molecule has 0 bridgehead atoms. The van der Waals surface area contributed by atoms with Crippen LogP contribution < -0.4 is 20.1 Å². The molecule has 0 aliphatic rings. The maximum absolute atomic E-state index is 11.9. The van der Waals surface area contributed by atoms with Crippen molar-refractivity contribution in [1.29, 1.82) is 0 Å². The Morgan fingerprint density at radius 3 is 2.67 bits per heavy atom. The Hall–Kier alpha value is -2.96. The third-order valence-corrected chi connectivity index (χ3v) is 3.20. The summed E-state index contributed by atoms with van der Waals surface area (Å²) in [6.07, 6.45) is 2.83. The number of likely N-dealkylation sites (N-methyl/N-ethyl adjacent to an activating group) is 1. The number of ether oxygens (including phenoxy) is 2. The Labute approximate surface area is 139 Å². The Balaban J connectivity index is 1.95. The summed E-state index contributed by atoms with van der Waals surface area (Å²) in [6.45, 7) is 2.64. The molecule has 24 heavy (non-hydrogen) atoms. The summed E-state index contributed by atoms with van der Waals surface area (Å²) in [6, 6.07) is 6.85. The van der Waals surface area contributed by atoms with Gasteiger partial charge in [-0.05, 0) is 30.7 Å². The van der Waals surface area contributed by atoms with Gasteiger partial charge < -0.3 is 24.5 Å². The average Bonchev–Trinajstić information content (AvgIpc) is 3.13. The van der Waals surface area contributed by atoms with E-state index in [0.717, 1.165) is 5.56 Å². The molecule has 128 valence electrons. The van der Waals surface area contributed by atoms with E-state index in [-0.39, 0.29) is 18.4 Å². The van der Waals surface area contributed by atoms with Gasteiger partial charge in [0.2, 0.25) is 0 Å². The highest BCUT2D eigenvalue weighted by Crippen LogP contribution is 2.28. The van der Waals surface area contributed by atoms with E-state index in [1.807, 2.05) is 6.92 Å². The summed E-state index contributed by atoms with van der Waals surface area (Å²) < 4.78 is 15.6. The van der Waals surface area contributed by atoms with Gasteiger partial charge >= 0.3 is 0 Å². The number of furan rings is 1. The smallest absolute Gasteiger partial charge is 0.257 e. The number of benzene rings is 1. The van der Waals surface area contributed by atoms with Crippen LogP contribution in [0.1, 0.15) is 22.8 Å². The summed E-state index contributed by atoms with van der Waals surface area (Å²) in [4.78, 5) is 23.3. The van der Waals surface area contributed by atoms with Gasteiger partial charge in [0, 0.05) is 13.1 Å². The first-order valence-corrected chi connectivity index (χ1v) is 7.50. The molecule has 0 aliphatic heterocycles. The quantitative estimate of drug-likeness (QED) is 0.768. The van der Waals surface area contributed by atoms with Gasteiger partial charge in [0.15, 0.2) is 18.1 Å². The van der Waals surface area contributed by atoms with E-state index < -0.39 is 0 Å². The summed E-state index contributed by atoms with van der Waals surface area (Å²) in [5, 5.41) is 5.43. The fraction of sp³-hybridized carbons (Fsp3) is 0.294. The molecule has 0 aliphatic carbocycles. The van der Waals surface area contributed by atoms with Crippen LogP contribution in [-0.4, -0.2) is 32.1 Å². The van der Waals surface area contributed by atoms with Crippen molar-refractivity contribution in [3.63, 3.8) is 0 Å². The molecule has 0 atom stereocenters. The van der Waals surface area contributed by atoms with Gasteiger partial charge in [0.05, 0.1) is 18.9 Å². The van der Waals surface area contributed by atoms with Gasteiger partial charge in [0.1, 0.15) is 6.26 Å². The zero-order valence-electron chi connectivity index (χ0n) is 13.6. The molecular weight excluding hydrogens is 312 g/mol. The van der Waals surface area contributed by atoms with E-state index in [1.165, 1.54) is 19.6 Å². The molecule has 0 radical (unpaired) electrons. The molecule has 0 unspecified atom stereocenters. The zero-order chi connectivity index (χ0) is 17.4. The molecule has 2 rings (SSSR count). The number of methoxy groups -OCH3 is 1. The summed E-state index contributed by atoms with van der Waals surface area (Å²) in [5.74, 6) is 0.540. The highest BCUT2D eigenvalue weighted by atomic mass is 16.5. The summed E-state index contributed by atoms with van der Waals surface area (Å²) in [5.41, 5.74) is 1.30. The molecule has 7 heteroatoms. The largest absolute Gasteiger partial charge is 0.493 e. The average molecular weight is 332 g/mol. The second-order valence-corrected chi connectivity index (χ2v) is 4.92. The topological polar surface area (TPSA) is 89.8 Å². The lowest BCUT2D eigenvalue weighted by Gasteiger charge is -2.12. The number of rotatable bonds is 8. The predicted octanol–water partition coefficient (Wildman–Crippen LogP) is 1.73. The molecule has 0 saturated heterocycles. The van der Waals surface area contributed by atoms with E-state index in [9.17, 15) is 9.59 Å². The van der Waals surface area contributed by atoms with Gasteiger partial charge in [-0.15, -0.1) is 0 Å². The highest BCUT2D eigenvalue weighted by molar-refractivity contribution is 5.93. The number of carbonyl (C=O) groups excluding carboxylic acids is 2. The van der Waals surface area contributed by atoms with Crippen LogP contribution >= 0.6 is 0 Å². The van der Waals surface area contributed by atoms with E-state index in [0.29, 0.717) is 30.2 Å². The molecular formula is C17H20N2O5. The van der Waals surface area contributed by atoms with Gasteiger partial charge in [-0.2, -0.15) is 0 Å². The molecule has 2 aromatic rings. The molecule has 0 saturated carbocycles. The first kappa shape index (κ1) is 17.4. The molecule has 2 amide bonds. The fourth-order valence-electron chi connectivity index (χ4n) is 2.01. The minimum atomic E-state index is -0.223. The molecule has 0 spiro atoms. The minimum Gasteiger partial charge on any atom is -0.493 e. The Morgan fingerprint density at radius 2 is 2.00 bits per heavy atom. The van der Waals surface area contributed by atoms with Crippen LogP contribution in [-0.2, 0) is 11.3 Å². The molecule has 1 aromatic heterocycles. The van der Waals surface area contributed by atoms with Crippen LogP contribution in [0.15, 0.2) is 41.2 Å². The first-order valence-electron chi connectivity index (χ1n) is 7.50. The van der Waals surface area contributed by atoms with Gasteiger partial charge in [0.25, 0.3) is 11.8 Å². The van der Waals surface area contributed by atoms with Crippen molar-refractivity contribution in [3.8, 4) is 11.5 Å². The SMILES string of the molecule is CCNC(=O)COc1ccc(CNC(=O)c2ccoc2)cc1OC. The standard InChI is InChI=1S/C17H20N2O5/c1-3-18-16(20)11-24-14-5-4-12(8-15(14)22-2)9-19-17(21)13-6-7-23-10-13/h4-8,10H,3,9,11H2,1-2H3,(H,18,20)(H,19,21). The number of hydrogen-bond donors (Lipinski definition) is 2.